The number of thiol groups is 1. The second-order valence-electron chi connectivity index (χ2n) is 12.2. The first-order chi connectivity index (χ1) is 22.7. The lowest BCUT2D eigenvalue weighted by atomic mass is 10.0. The molecule has 6 N–H and O–H groups in total. The monoisotopic (exact) mass is 690 g/mol. The SMILES string of the molecule is CCC(=O)OCc1ccc(NC(=O)[C@H](CCCNC(N)=O)NC(=O)[C@@H](NC(=O)CCCCCN2C(=O)CC(C(C)S)C2=O)C(C)C)cc1. The number of primary amides is 1. The molecule has 7 amide bonds. The molecule has 0 saturated carbocycles. The van der Waals surface area contributed by atoms with Crippen LogP contribution in [0.4, 0.5) is 10.5 Å². The number of urea groups is 1. The van der Waals surface area contributed by atoms with Crippen LogP contribution in [0.5, 0.6) is 0 Å². The molecule has 0 radical (unpaired) electrons. The highest BCUT2D eigenvalue weighted by atomic mass is 32.1. The number of hydrogen-bond donors (Lipinski definition) is 6. The van der Waals surface area contributed by atoms with E-state index in [2.05, 4.69) is 33.9 Å². The molecule has 4 atom stereocenters. The lowest BCUT2D eigenvalue weighted by molar-refractivity contribution is -0.144. The molecule has 48 heavy (non-hydrogen) atoms. The van der Waals surface area contributed by atoms with Gasteiger partial charge in [-0.05, 0) is 49.3 Å². The summed E-state index contributed by atoms with van der Waals surface area (Å²) < 4.78 is 5.12. The summed E-state index contributed by atoms with van der Waals surface area (Å²) in [5, 5.41) is 10.5. The van der Waals surface area contributed by atoms with Gasteiger partial charge in [-0.3, -0.25) is 33.7 Å². The Morgan fingerprint density at radius 3 is 2.25 bits per heavy atom. The van der Waals surface area contributed by atoms with Crippen LogP contribution in [0.2, 0.25) is 0 Å². The zero-order chi connectivity index (χ0) is 35.8. The molecule has 2 rings (SSSR count). The van der Waals surface area contributed by atoms with Crippen molar-refractivity contribution in [1.82, 2.24) is 20.9 Å². The molecule has 15 heteroatoms. The van der Waals surface area contributed by atoms with Gasteiger partial charge in [-0.25, -0.2) is 4.79 Å². The molecule has 1 aromatic carbocycles. The van der Waals surface area contributed by atoms with Crippen molar-refractivity contribution in [3.63, 3.8) is 0 Å². The van der Waals surface area contributed by atoms with Crippen LogP contribution < -0.4 is 27.0 Å². The molecular weight excluding hydrogens is 640 g/mol. The molecule has 266 valence electrons. The Bertz CT molecular complexity index is 1290. The maximum absolute atomic E-state index is 13.4. The Kier molecular flexibility index (Phi) is 16.9. The number of nitrogens with zero attached hydrogens (tertiary/aromatic N) is 1. The first-order valence-corrected chi connectivity index (χ1v) is 17.0. The van der Waals surface area contributed by atoms with Gasteiger partial charge in [0, 0.05) is 43.3 Å². The zero-order valence-electron chi connectivity index (χ0n) is 28.2. The average molecular weight is 691 g/mol. The van der Waals surface area contributed by atoms with E-state index in [0.717, 1.165) is 5.56 Å². The summed E-state index contributed by atoms with van der Waals surface area (Å²) in [4.78, 5) is 87.9. The lowest BCUT2D eigenvalue weighted by Crippen LogP contribution is -2.54. The average Bonchev–Trinajstić information content (AvgIpc) is 3.32. The van der Waals surface area contributed by atoms with Crippen LogP contribution in [0.15, 0.2) is 24.3 Å². The van der Waals surface area contributed by atoms with Crippen molar-refractivity contribution >= 4 is 59.9 Å². The summed E-state index contributed by atoms with van der Waals surface area (Å²) >= 11 is 4.30. The van der Waals surface area contributed by atoms with Gasteiger partial charge in [-0.1, -0.05) is 46.2 Å². The zero-order valence-corrected chi connectivity index (χ0v) is 29.1. The third-order valence-electron chi connectivity index (χ3n) is 7.92. The molecule has 1 aromatic rings. The molecule has 1 heterocycles. The molecule has 0 bridgehead atoms. The number of carbonyl (C=O) groups is 7. The van der Waals surface area contributed by atoms with E-state index in [0.29, 0.717) is 37.9 Å². The van der Waals surface area contributed by atoms with Gasteiger partial charge in [0.05, 0.1) is 5.92 Å². The topological polar surface area (TPSA) is 206 Å². The molecule has 1 aliphatic rings. The van der Waals surface area contributed by atoms with Crippen molar-refractivity contribution in [1.29, 1.82) is 0 Å². The van der Waals surface area contributed by atoms with Gasteiger partial charge in [0.1, 0.15) is 18.7 Å². The highest BCUT2D eigenvalue weighted by Gasteiger charge is 2.40. The van der Waals surface area contributed by atoms with E-state index in [9.17, 15) is 33.6 Å². The third kappa shape index (κ3) is 13.5. The second-order valence-corrected chi connectivity index (χ2v) is 13.0. The van der Waals surface area contributed by atoms with E-state index in [1.807, 2.05) is 0 Å². The van der Waals surface area contributed by atoms with E-state index in [1.165, 1.54) is 4.90 Å². The first kappa shape index (κ1) is 40.0. The molecule has 1 fully saturated rings. The minimum atomic E-state index is -0.989. The van der Waals surface area contributed by atoms with Crippen molar-refractivity contribution in [2.45, 2.75) is 103 Å². The molecular formula is C33H50N6O8S. The smallest absolute Gasteiger partial charge is 0.312 e. The Morgan fingerprint density at radius 2 is 1.67 bits per heavy atom. The number of amides is 7. The van der Waals surface area contributed by atoms with Crippen LogP contribution >= 0.6 is 12.6 Å². The molecule has 2 unspecified atom stereocenters. The van der Waals surface area contributed by atoms with E-state index in [-0.39, 0.29) is 73.7 Å². The summed E-state index contributed by atoms with van der Waals surface area (Å²) in [6.45, 7) is 7.64. The minimum absolute atomic E-state index is 0.103. The van der Waals surface area contributed by atoms with Crippen molar-refractivity contribution in [2.24, 2.45) is 17.6 Å². The van der Waals surface area contributed by atoms with Crippen molar-refractivity contribution in [2.75, 3.05) is 18.4 Å². The number of anilines is 1. The van der Waals surface area contributed by atoms with Crippen LogP contribution in [0, 0.1) is 11.8 Å². The predicted octanol–water partition coefficient (Wildman–Crippen LogP) is 2.41. The van der Waals surface area contributed by atoms with Crippen molar-refractivity contribution in [3.05, 3.63) is 29.8 Å². The van der Waals surface area contributed by atoms with E-state index in [4.69, 9.17) is 10.5 Å². The predicted molar refractivity (Wildman–Crippen MR) is 182 cm³/mol. The fourth-order valence-electron chi connectivity index (χ4n) is 5.06. The third-order valence-corrected chi connectivity index (χ3v) is 8.28. The fraction of sp³-hybridized carbons (Fsp3) is 0.606. The van der Waals surface area contributed by atoms with Gasteiger partial charge >= 0.3 is 12.0 Å². The number of carbonyl (C=O) groups excluding carboxylic acids is 7. The molecule has 0 aliphatic carbocycles. The number of rotatable bonds is 20. The number of nitrogens with one attached hydrogen (secondary N) is 4. The number of imide groups is 1. The number of esters is 1. The second kappa shape index (κ2) is 20.3. The Hall–Kier alpha value is -4.14. The summed E-state index contributed by atoms with van der Waals surface area (Å²) in [5.74, 6) is -2.78. The Morgan fingerprint density at radius 1 is 0.979 bits per heavy atom. The van der Waals surface area contributed by atoms with Gasteiger partial charge in [0.15, 0.2) is 0 Å². The van der Waals surface area contributed by atoms with Crippen LogP contribution in [0.3, 0.4) is 0 Å². The number of unbranched alkanes of at least 4 members (excludes halogenated alkanes) is 2. The van der Waals surface area contributed by atoms with Crippen molar-refractivity contribution in [3.8, 4) is 0 Å². The van der Waals surface area contributed by atoms with E-state index in [1.54, 1.807) is 52.0 Å². The van der Waals surface area contributed by atoms with Gasteiger partial charge in [0.25, 0.3) is 0 Å². The Balaban J connectivity index is 1.93. The van der Waals surface area contributed by atoms with Crippen LogP contribution in [0.25, 0.3) is 0 Å². The number of nitrogens with two attached hydrogens (primary N) is 1. The Labute approximate surface area is 287 Å². The molecule has 14 nitrogen and oxygen atoms in total. The van der Waals surface area contributed by atoms with Crippen LogP contribution in [-0.2, 0) is 40.1 Å². The van der Waals surface area contributed by atoms with Crippen LogP contribution in [0.1, 0.15) is 84.6 Å². The highest BCUT2D eigenvalue weighted by molar-refractivity contribution is 7.81. The summed E-state index contributed by atoms with van der Waals surface area (Å²) in [5.41, 5.74) is 6.34. The number of hydrogen-bond acceptors (Lipinski definition) is 9. The van der Waals surface area contributed by atoms with Crippen molar-refractivity contribution < 1.29 is 38.3 Å². The highest BCUT2D eigenvalue weighted by Crippen LogP contribution is 2.26. The summed E-state index contributed by atoms with van der Waals surface area (Å²) in [6, 6.07) is 4.10. The molecule has 1 saturated heterocycles. The normalized spacial score (nSPS) is 16.2. The van der Waals surface area contributed by atoms with Gasteiger partial charge in [0.2, 0.25) is 29.5 Å². The standard InChI is InChI=1S/C33H50N6O8S/c1-5-28(42)47-19-22-12-14-23(15-13-22)36-30(43)25(10-9-16-35-33(34)46)37-31(44)29(20(2)3)38-26(40)11-7-6-8-17-39-27(41)18-24(21(4)48)32(39)45/h12-15,20-21,24-25,29,48H,5-11,16-19H2,1-4H3,(H,36,43)(H,37,44)(H,38,40)(H3,34,35,46)/t21?,24?,25-,29-/m0/s1. The van der Waals surface area contributed by atoms with Gasteiger partial charge in [-0.15, -0.1) is 0 Å². The number of benzene rings is 1. The lowest BCUT2D eigenvalue weighted by Gasteiger charge is -2.25. The van der Waals surface area contributed by atoms with Crippen LogP contribution in [-0.4, -0.2) is 76.9 Å². The number of likely N-dealkylation sites (tertiary alicyclic amines) is 1. The van der Waals surface area contributed by atoms with Gasteiger partial charge < -0.3 is 31.7 Å². The largest absolute Gasteiger partial charge is 0.461 e. The maximum atomic E-state index is 13.4. The summed E-state index contributed by atoms with van der Waals surface area (Å²) in [7, 11) is 0. The van der Waals surface area contributed by atoms with Gasteiger partial charge in [-0.2, -0.15) is 12.6 Å². The quantitative estimate of drug-likeness (QED) is 0.0517. The molecule has 1 aliphatic heterocycles. The minimum Gasteiger partial charge on any atom is -0.461 e. The molecule has 0 aromatic heterocycles. The maximum Gasteiger partial charge on any atom is 0.312 e. The number of ether oxygens (including phenoxy) is 1. The molecule has 0 spiro atoms. The fourth-order valence-corrected chi connectivity index (χ4v) is 5.29. The first-order valence-electron chi connectivity index (χ1n) is 16.4. The van der Waals surface area contributed by atoms with E-state index >= 15 is 0 Å². The van der Waals surface area contributed by atoms with E-state index < -0.39 is 35.8 Å². The summed E-state index contributed by atoms with van der Waals surface area (Å²) in [6.07, 6.45) is 2.76.